The molecule has 17 heavy (non-hydrogen) atoms. The van der Waals surface area contributed by atoms with Crippen molar-refractivity contribution in [3.05, 3.63) is 22.0 Å². The van der Waals surface area contributed by atoms with Crippen LogP contribution in [0.15, 0.2) is 6.20 Å². The van der Waals surface area contributed by atoms with Gasteiger partial charge in [-0.2, -0.15) is 5.10 Å². The average Bonchev–Trinajstić information content (AvgIpc) is 2.67. The fourth-order valence-corrected chi connectivity index (χ4v) is 1.42. The molecule has 0 saturated heterocycles. The number of carbonyl (C=O) groups excluding carboxylic acids is 1. The third kappa shape index (κ3) is 2.78. The van der Waals surface area contributed by atoms with E-state index in [2.05, 4.69) is 10.4 Å². The quantitative estimate of drug-likeness (QED) is 0.547. The molecule has 1 rings (SSSR count). The topological polar surface area (TPSA) is 110 Å². The second-order valence-corrected chi connectivity index (χ2v) is 3.51. The molecule has 1 amide bonds. The third-order valence-corrected chi connectivity index (χ3v) is 2.37. The smallest absolute Gasteiger partial charge is 0.309 e. The van der Waals surface area contributed by atoms with E-state index in [0.29, 0.717) is 5.69 Å². The van der Waals surface area contributed by atoms with Gasteiger partial charge in [-0.25, -0.2) is 0 Å². The van der Waals surface area contributed by atoms with Gasteiger partial charge in [0.15, 0.2) is 0 Å². The van der Waals surface area contributed by atoms with Gasteiger partial charge >= 0.3 is 5.69 Å². The Kier molecular flexibility index (Phi) is 4.16. The third-order valence-electron chi connectivity index (χ3n) is 2.37. The van der Waals surface area contributed by atoms with E-state index in [1.54, 1.807) is 6.92 Å². The molecule has 94 valence electrons. The van der Waals surface area contributed by atoms with Crippen molar-refractivity contribution in [3.63, 3.8) is 0 Å². The van der Waals surface area contributed by atoms with Crippen LogP contribution < -0.4 is 5.32 Å². The molecule has 1 aromatic rings. The normalized spacial score (nSPS) is 12.2. The molecule has 8 heteroatoms. The molecular weight excluding hydrogens is 228 g/mol. The van der Waals surface area contributed by atoms with Crippen molar-refractivity contribution in [1.29, 1.82) is 0 Å². The summed E-state index contributed by atoms with van der Waals surface area (Å²) >= 11 is 0. The van der Waals surface area contributed by atoms with Crippen molar-refractivity contribution in [3.8, 4) is 0 Å². The maximum atomic E-state index is 11.6. The van der Waals surface area contributed by atoms with Crippen LogP contribution in [-0.4, -0.2) is 38.9 Å². The molecule has 8 nitrogen and oxygen atoms in total. The average molecular weight is 242 g/mol. The molecule has 1 heterocycles. The largest absolute Gasteiger partial charge is 0.395 e. The van der Waals surface area contributed by atoms with Crippen molar-refractivity contribution in [1.82, 2.24) is 15.1 Å². The van der Waals surface area contributed by atoms with Crippen molar-refractivity contribution in [2.75, 3.05) is 13.2 Å². The number of hydrogen-bond donors (Lipinski definition) is 2. The van der Waals surface area contributed by atoms with Crippen LogP contribution in [-0.2, 0) is 4.79 Å². The summed E-state index contributed by atoms with van der Waals surface area (Å²) in [6.07, 6.45) is 1.12. The number of amides is 1. The lowest BCUT2D eigenvalue weighted by molar-refractivity contribution is -0.385. The van der Waals surface area contributed by atoms with Crippen molar-refractivity contribution < 1.29 is 14.8 Å². The first-order valence-corrected chi connectivity index (χ1v) is 5.06. The van der Waals surface area contributed by atoms with Gasteiger partial charge in [0.05, 0.1) is 11.5 Å². The zero-order chi connectivity index (χ0) is 13.0. The number of aliphatic hydroxyl groups excluding tert-OH is 1. The van der Waals surface area contributed by atoms with Crippen molar-refractivity contribution in [2.45, 2.75) is 19.9 Å². The van der Waals surface area contributed by atoms with Gasteiger partial charge in [-0.15, -0.1) is 0 Å². The highest BCUT2D eigenvalue weighted by molar-refractivity contribution is 5.79. The van der Waals surface area contributed by atoms with Crippen LogP contribution in [0.5, 0.6) is 0 Å². The lowest BCUT2D eigenvalue weighted by atomic mass is 10.3. The fourth-order valence-electron chi connectivity index (χ4n) is 1.42. The zero-order valence-electron chi connectivity index (χ0n) is 9.58. The highest BCUT2D eigenvalue weighted by Gasteiger charge is 2.23. The molecule has 0 bridgehead atoms. The fraction of sp³-hybridized carbons (Fsp3) is 0.556. The van der Waals surface area contributed by atoms with Crippen LogP contribution in [0.2, 0.25) is 0 Å². The van der Waals surface area contributed by atoms with Gasteiger partial charge in [-0.1, -0.05) is 0 Å². The predicted octanol–water partition coefficient (Wildman–Crippen LogP) is -0.231. The maximum Gasteiger partial charge on any atom is 0.309 e. The molecule has 1 atom stereocenters. The second kappa shape index (κ2) is 5.39. The van der Waals surface area contributed by atoms with Gasteiger partial charge in [-0.3, -0.25) is 19.6 Å². The first-order valence-electron chi connectivity index (χ1n) is 5.06. The first-order chi connectivity index (χ1) is 7.99. The second-order valence-electron chi connectivity index (χ2n) is 3.51. The number of nitrogens with zero attached hydrogens (tertiary/aromatic N) is 3. The number of nitrogens with one attached hydrogen (secondary N) is 1. The van der Waals surface area contributed by atoms with E-state index in [1.807, 2.05) is 0 Å². The summed E-state index contributed by atoms with van der Waals surface area (Å²) < 4.78 is 1.28. The minimum Gasteiger partial charge on any atom is -0.395 e. The van der Waals surface area contributed by atoms with E-state index in [4.69, 9.17) is 5.11 Å². The maximum absolute atomic E-state index is 11.6. The standard InChI is InChI=1S/C9H14N4O4/c1-6-8(13(16)17)5-11-12(6)7(2)9(15)10-3-4-14/h5,7,14H,3-4H2,1-2H3,(H,10,15). The molecule has 0 aliphatic carbocycles. The minimum absolute atomic E-state index is 0.119. The van der Waals surface area contributed by atoms with Gasteiger partial charge in [0.1, 0.15) is 17.9 Å². The van der Waals surface area contributed by atoms with E-state index in [1.165, 1.54) is 11.6 Å². The van der Waals surface area contributed by atoms with Gasteiger partial charge in [0.25, 0.3) is 0 Å². The summed E-state index contributed by atoms with van der Waals surface area (Å²) in [7, 11) is 0. The van der Waals surface area contributed by atoms with Gasteiger partial charge in [-0.05, 0) is 13.8 Å². The van der Waals surface area contributed by atoms with Crippen LogP contribution >= 0.6 is 0 Å². The Hall–Kier alpha value is -1.96. The summed E-state index contributed by atoms with van der Waals surface area (Å²) in [4.78, 5) is 21.7. The predicted molar refractivity (Wildman–Crippen MR) is 58.4 cm³/mol. The van der Waals surface area contributed by atoms with Crippen LogP contribution in [0.1, 0.15) is 18.7 Å². The number of nitro groups is 1. The van der Waals surface area contributed by atoms with E-state index < -0.39 is 11.0 Å². The Morgan fingerprint density at radius 1 is 1.76 bits per heavy atom. The monoisotopic (exact) mass is 242 g/mol. The zero-order valence-corrected chi connectivity index (χ0v) is 9.58. The summed E-state index contributed by atoms with van der Waals surface area (Å²) in [5, 5.41) is 25.5. The Bertz CT molecular complexity index is 429. The van der Waals surface area contributed by atoms with Crippen molar-refractivity contribution in [2.24, 2.45) is 0 Å². The Labute approximate surface area is 97.4 Å². The molecule has 1 unspecified atom stereocenters. The highest BCUT2D eigenvalue weighted by Crippen LogP contribution is 2.19. The SMILES string of the molecule is Cc1c([N+](=O)[O-])cnn1C(C)C(=O)NCCO. The van der Waals surface area contributed by atoms with Gasteiger partial charge in [0.2, 0.25) is 5.91 Å². The molecule has 0 fully saturated rings. The molecule has 1 aromatic heterocycles. The van der Waals surface area contributed by atoms with Gasteiger partial charge < -0.3 is 10.4 Å². The van der Waals surface area contributed by atoms with Crippen LogP contribution in [0.25, 0.3) is 0 Å². The Morgan fingerprint density at radius 2 is 2.41 bits per heavy atom. The summed E-state index contributed by atoms with van der Waals surface area (Å²) in [5.41, 5.74) is 0.202. The van der Waals surface area contributed by atoms with E-state index in [0.717, 1.165) is 6.20 Å². The molecule has 0 saturated carbocycles. The number of hydrogen-bond acceptors (Lipinski definition) is 5. The van der Waals surface area contributed by atoms with E-state index in [-0.39, 0.29) is 24.7 Å². The van der Waals surface area contributed by atoms with Gasteiger partial charge in [0, 0.05) is 6.54 Å². The molecule has 0 radical (unpaired) electrons. The lowest BCUT2D eigenvalue weighted by Gasteiger charge is -2.13. The molecule has 0 aromatic carbocycles. The number of carbonyl (C=O) groups is 1. The Morgan fingerprint density at radius 3 is 2.88 bits per heavy atom. The Balaban J connectivity index is 2.86. The summed E-state index contributed by atoms with van der Waals surface area (Å²) in [6, 6.07) is -0.657. The lowest BCUT2D eigenvalue weighted by Crippen LogP contribution is -2.33. The number of aliphatic hydroxyl groups is 1. The molecule has 0 aliphatic heterocycles. The summed E-state index contributed by atoms with van der Waals surface area (Å²) in [6.45, 7) is 3.10. The number of aromatic nitrogens is 2. The van der Waals surface area contributed by atoms with E-state index in [9.17, 15) is 14.9 Å². The molecule has 0 spiro atoms. The molecular formula is C9H14N4O4. The first kappa shape index (κ1) is 13.1. The highest BCUT2D eigenvalue weighted by atomic mass is 16.6. The minimum atomic E-state index is -0.657. The summed E-state index contributed by atoms with van der Waals surface area (Å²) in [5.74, 6) is -0.347. The van der Waals surface area contributed by atoms with E-state index >= 15 is 0 Å². The molecule has 2 N–H and O–H groups in total. The van der Waals surface area contributed by atoms with Crippen LogP contribution in [0.4, 0.5) is 5.69 Å². The molecule has 0 aliphatic rings. The van der Waals surface area contributed by atoms with Crippen molar-refractivity contribution >= 4 is 11.6 Å². The van der Waals surface area contributed by atoms with Crippen LogP contribution in [0, 0.1) is 17.0 Å². The van der Waals surface area contributed by atoms with Crippen LogP contribution in [0.3, 0.4) is 0 Å². The number of rotatable bonds is 5.